The number of rotatable bonds is 7. The summed E-state index contributed by atoms with van der Waals surface area (Å²) in [5.74, 6) is -2.81. The topological polar surface area (TPSA) is 115 Å². The first-order valence-corrected chi connectivity index (χ1v) is 10.8. The van der Waals surface area contributed by atoms with E-state index in [4.69, 9.17) is 4.84 Å². The van der Waals surface area contributed by atoms with E-state index >= 15 is 0 Å². The summed E-state index contributed by atoms with van der Waals surface area (Å²) in [4.78, 5) is 52.4. The Kier molecular flexibility index (Phi) is 6.12. The maximum atomic E-state index is 12.4. The molecule has 1 heterocycles. The summed E-state index contributed by atoms with van der Waals surface area (Å²) in [5.41, 5.74) is 1.22. The van der Waals surface area contributed by atoms with Gasteiger partial charge < -0.3 is 4.84 Å². The molecule has 8 nitrogen and oxygen atoms in total. The molecule has 0 spiro atoms. The van der Waals surface area contributed by atoms with E-state index in [1.165, 1.54) is 36.4 Å². The van der Waals surface area contributed by atoms with Gasteiger partial charge in [-0.15, -0.1) is 5.06 Å². The number of amides is 2. The van der Waals surface area contributed by atoms with Crippen LogP contribution in [0.3, 0.4) is 0 Å². The van der Waals surface area contributed by atoms with E-state index in [0.717, 1.165) is 5.56 Å². The molecule has 0 unspecified atom stereocenters. The van der Waals surface area contributed by atoms with Gasteiger partial charge in [0.05, 0.1) is 16.2 Å². The molecular formula is C21H19NO7S. The van der Waals surface area contributed by atoms with Gasteiger partial charge in [0.2, 0.25) is 0 Å². The highest BCUT2D eigenvalue weighted by atomic mass is 32.2. The van der Waals surface area contributed by atoms with E-state index in [1.807, 2.05) is 6.92 Å². The van der Waals surface area contributed by atoms with Crippen molar-refractivity contribution in [3.8, 4) is 0 Å². The number of hydroxylamine groups is 2. The first kappa shape index (κ1) is 21.4. The van der Waals surface area contributed by atoms with Crippen LogP contribution in [-0.4, -0.2) is 42.8 Å². The average molecular weight is 429 g/mol. The van der Waals surface area contributed by atoms with Gasteiger partial charge >= 0.3 is 5.97 Å². The highest BCUT2D eigenvalue weighted by Gasteiger charge is 2.33. The monoisotopic (exact) mass is 429 g/mol. The summed E-state index contributed by atoms with van der Waals surface area (Å²) in [5, 5.41) is 0.442. The van der Waals surface area contributed by atoms with Crippen LogP contribution < -0.4 is 0 Å². The summed E-state index contributed by atoms with van der Waals surface area (Å²) in [6, 6.07) is 11.8. The lowest BCUT2D eigenvalue weighted by molar-refractivity contribution is -0.172. The zero-order chi connectivity index (χ0) is 21.9. The normalized spacial score (nSPS) is 14.1. The number of benzene rings is 2. The molecule has 9 heteroatoms. The average Bonchev–Trinajstić information content (AvgIpc) is 3.04. The molecule has 0 aliphatic carbocycles. The van der Waals surface area contributed by atoms with Crippen molar-refractivity contribution in [2.45, 2.75) is 31.1 Å². The van der Waals surface area contributed by atoms with Gasteiger partial charge in [0.1, 0.15) is 0 Å². The van der Waals surface area contributed by atoms with Gasteiger partial charge in [-0.05, 0) is 31.2 Å². The molecule has 2 aromatic rings. The van der Waals surface area contributed by atoms with Crippen LogP contribution in [0.25, 0.3) is 0 Å². The summed E-state index contributed by atoms with van der Waals surface area (Å²) in [6.07, 6.45) is -0.229. The molecule has 1 aliphatic rings. The van der Waals surface area contributed by atoms with Crippen LogP contribution in [0.5, 0.6) is 0 Å². The second-order valence-electron chi connectivity index (χ2n) is 6.84. The molecule has 30 heavy (non-hydrogen) atoms. The van der Waals surface area contributed by atoms with Crippen molar-refractivity contribution < 1.29 is 32.4 Å². The lowest BCUT2D eigenvalue weighted by Crippen LogP contribution is -2.32. The van der Waals surface area contributed by atoms with E-state index in [2.05, 4.69) is 0 Å². The predicted molar refractivity (Wildman–Crippen MR) is 105 cm³/mol. The van der Waals surface area contributed by atoms with Crippen LogP contribution in [0.1, 0.15) is 45.5 Å². The van der Waals surface area contributed by atoms with Crippen LogP contribution in [0.15, 0.2) is 53.4 Å². The van der Waals surface area contributed by atoms with Gasteiger partial charge in [-0.3, -0.25) is 14.4 Å². The fourth-order valence-electron chi connectivity index (χ4n) is 2.82. The smallest absolute Gasteiger partial charge is 0.325 e. The van der Waals surface area contributed by atoms with Crippen LogP contribution >= 0.6 is 0 Å². The van der Waals surface area contributed by atoms with E-state index < -0.39 is 33.4 Å². The number of aryl methyl sites for hydroxylation is 1. The molecule has 2 amide bonds. The molecule has 3 rings (SSSR count). The molecule has 1 fully saturated rings. The SMILES string of the molecule is Cc1ccc(S(=O)(=O)CCC(=O)c2ccc(C(=O)ON3C(=O)CCC3=O)cc2)cc1. The van der Waals surface area contributed by atoms with E-state index in [0.29, 0.717) is 5.06 Å². The van der Waals surface area contributed by atoms with Crippen LogP contribution in [0, 0.1) is 6.92 Å². The number of ketones is 1. The number of carbonyl (C=O) groups excluding carboxylic acids is 4. The van der Waals surface area contributed by atoms with Crippen LogP contribution in [0.4, 0.5) is 0 Å². The van der Waals surface area contributed by atoms with E-state index in [1.54, 1.807) is 12.1 Å². The van der Waals surface area contributed by atoms with Crippen molar-refractivity contribution in [3.63, 3.8) is 0 Å². The summed E-state index contributed by atoms with van der Waals surface area (Å²) < 4.78 is 24.7. The third kappa shape index (κ3) is 4.80. The zero-order valence-corrected chi connectivity index (χ0v) is 17.0. The minimum Gasteiger partial charge on any atom is -0.325 e. The lowest BCUT2D eigenvalue weighted by atomic mass is 10.1. The maximum absolute atomic E-state index is 12.4. The van der Waals surface area contributed by atoms with Gasteiger partial charge in [-0.1, -0.05) is 29.8 Å². The van der Waals surface area contributed by atoms with Gasteiger partial charge in [0.15, 0.2) is 15.6 Å². The number of Topliss-reactive ketones (excluding diaryl/α,β-unsaturated/α-hetero) is 1. The molecule has 1 saturated heterocycles. The standard InChI is InChI=1S/C21H19NO7S/c1-14-2-8-17(9-3-14)30(27,28)13-12-18(23)15-4-6-16(7-5-15)21(26)29-22-19(24)10-11-20(22)25/h2-9H,10-13H2,1H3. The number of imide groups is 1. The van der Waals surface area contributed by atoms with Gasteiger partial charge in [-0.25, -0.2) is 13.2 Å². The van der Waals surface area contributed by atoms with Gasteiger partial charge in [-0.2, -0.15) is 0 Å². The van der Waals surface area contributed by atoms with Crippen molar-refractivity contribution >= 4 is 33.4 Å². The minimum absolute atomic E-state index is 0.00888. The zero-order valence-electron chi connectivity index (χ0n) is 16.2. The lowest BCUT2D eigenvalue weighted by Gasteiger charge is -2.12. The number of hydrogen-bond donors (Lipinski definition) is 0. The summed E-state index contributed by atoms with van der Waals surface area (Å²) in [6.45, 7) is 1.85. The molecule has 0 saturated carbocycles. The van der Waals surface area contributed by atoms with Crippen molar-refractivity contribution in [3.05, 3.63) is 65.2 Å². The van der Waals surface area contributed by atoms with Crippen molar-refractivity contribution in [2.75, 3.05) is 5.75 Å². The summed E-state index contributed by atoms with van der Waals surface area (Å²) in [7, 11) is -3.59. The van der Waals surface area contributed by atoms with Gasteiger partial charge in [0, 0.05) is 24.8 Å². The Morgan fingerprint density at radius 1 is 0.900 bits per heavy atom. The number of sulfone groups is 1. The molecule has 0 radical (unpaired) electrons. The maximum Gasteiger partial charge on any atom is 0.363 e. The fraction of sp³-hybridized carbons (Fsp3) is 0.238. The second kappa shape index (κ2) is 8.58. The number of nitrogens with zero attached hydrogens (tertiary/aromatic N) is 1. The first-order chi connectivity index (χ1) is 14.2. The Balaban J connectivity index is 1.61. The highest BCUT2D eigenvalue weighted by molar-refractivity contribution is 7.91. The van der Waals surface area contributed by atoms with Crippen LogP contribution in [-0.2, 0) is 24.3 Å². The van der Waals surface area contributed by atoms with Crippen LogP contribution in [0.2, 0.25) is 0 Å². The van der Waals surface area contributed by atoms with Gasteiger partial charge in [0.25, 0.3) is 11.8 Å². The first-order valence-electron chi connectivity index (χ1n) is 9.18. The molecule has 156 valence electrons. The number of carbonyl (C=O) groups is 4. The summed E-state index contributed by atoms with van der Waals surface area (Å²) >= 11 is 0. The quantitative estimate of drug-likeness (QED) is 0.490. The third-order valence-corrected chi connectivity index (χ3v) is 6.33. The number of hydrogen-bond acceptors (Lipinski definition) is 7. The fourth-order valence-corrected chi connectivity index (χ4v) is 4.06. The Bertz CT molecular complexity index is 1090. The molecule has 0 N–H and O–H groups in total. The predicted octanol–water partition coefficient (Wildman–Crippen LogP) is 2.26. The Morgan fingerprint density at radius 3 is 2.00 bits per heavy atom. The van der Waals surface area contributed by atoms with Crippen molar-refractivity contribution in [1.29, 1.82) is 0 Å². The molecule has 1 aliphatic heterocycles. The molecule has 2 aromatic carbocycles. The molecule has 0 aromatic heterocycles. The Labute approximate surface area is 173 Å². The third-order valence-electron chi connectivity index (χ3n) is 4.60. The van der Waals surface area contributed by atoms with Crippen molar-refractivity contribution in [2.24, 2.45) is 0 Å². The largest absolute Gasteiger partial charge is 0.363 e. The minimum atomic E-state index is -3.59. The molecule has 0 bridgehead atoms. The van der Waals surface area contributed by atoms with Crippen molar-refractivity contribution in [1.82, 2.24) is 5.06 Å². The van der Waals surface area contributed by atoms with E-state index in [-0.39, 0.29) is 41.0 Å². The Morgan fingerprint density at radius 2 is 1.43 bits per heavy atom. The molecule has 0 atom stereocenters. The Hall–Kier alpha value is -3.33. The second-order valence-corrected chi connectivity index (χ2v) is 8.95. The van der Waals surface area contributed by atoms with E-state index in [9.17, 15) is 27.6 Å². The highest BCUT2D eigenvalue weighted by Crippen LogP contribution is 2.17. The molecular weight excluding hydrogens is 410 g/mol.